The molecule has 0 unspecified atom stereocenters. The SMILES string of the molecule is CCCOc1c(O)cc(C=Cc2ccccc2)cc1O. The summed E-state index contributed by atoms with van der Waals surface area (Å²) in [6.45, 7) is 2.42. The molecule has 0 heterocycles. The molecule has 0 atom stereocenters. The fourth-order valence-electron chi connectivity index (χ4n) is 1.82. The zero-order valence-corrected chi connectivity index (χ0v) is 11.4. The molecule has 2 N–H and O–H groups in total. The van der Waals surface area contributed by atoms with Gasteiger partial charge in [-0.25, -0.2) is 0 Å². The van der Waals surface area contributed by atoms with E-state index in [9.17, 15) is 10.2 Å². The third kappa shape index (κ3) is 3.54. The fourth-order valence-corrected chi connectivity index (χ4v) is 1.82. The van der Waals surface area contributed by atoms with Crippen molar-refractivity contribution in [3.8, 4) is 17.2 Å². The van der Waals surface area contributed by atoms with Crippen LogP contribution in [0.4, 0.5) is 0 Å². The number of phenolic OH excluding ortho intramolecular Hbond substituents is 2. The van der Waals surface area contributed by atoms with Crippen LogP contribution in [-0.4, -0.2) is 16.8 Å². The summed E-state index contributed by atoms with van der Waals surface area (Å²) in [6, 6.07) is 13.0. The van der Waals surface area contributed by atoms with E-state index in [1.807, 2.05) is 49.4 Å². The Morgan fingerprint density at radius 3 is 2.15 bits per heavy atom. The molecule has 0 saturated heterocycles. The molecule has 20 heavy (non-hydrogen) atoms. The van der Waals surface area contributed by atoms with Crippen molar-refractivity contribution in [2.24, 2.45) is 0 Å². The Balaban J connectivity index is 2.20. The average Bonchev–Trinajstić information content (AvgIpc) is 2.45. The van der Waals surface area contributed by atoms with Gasteiger partial charge in [-0.2, -0.15) is 0 Å². The Morgan fingerprint density at radius 1 is 0.950 bits per heavy atom. The van der Waals surface area contributed by atoms with Gasteiger partial charge in [-0.3, -0.25) is 0 Å². The third-order valence-electron chi connectivity index (χ3n) is 2.79. The number of hydrogen-bond acceptors (Lipinski definition) is 3. The highest BCUT2D eigenvalue weighted by Crippen LogP contribution is 2.37. The average molecular weight is 270 g/mol. The summed E-state index contributed by atoms with van der Waals surface area (Å²) < 4.78 is 5.31. The third-order valence-corrected chi connectivity index (χ3v) is 2.79. The van der Waals surface area contributed by atoms with Crippen LogP contribution in [0.3, 0.4) is 0 Å². The predicted molar refractivity (Wildman–Crippen MR) is 80.9 cm³/mol. The van der Waals surface area contributed by atoms with E-state index in [1.165, 1.54) is 0 Å². The molecule has 2 aromatic carbocycles. The Morgan fingerprint density at radius 2 is 1.55 bits per heavy atom. The first-order chi connectivity index (χ1) is 9.70. The Bertz CT molecular complexity index is 565. The number of rotatable bonds is 5. The van der Waals surface area contributed by atoms with E-state index in [0.717, 1.165) is 12.0 Å². The summed E-state index contributed by atoms with van der Waals surface area (Å²) in [5.74, 6) is 0.0426. The van der Waals surface area contributed by atoms with E-state index < -0.39 is 0 Å². The first-order valence-corrected chi connectivity index (χ1v) is 6.62. The molecule has 0 aliphatic heterocycles. The lowest BCUT2D eigenvalue weighted by molar-refractivity contribution is 0.283. The van der Waals surface area contributed by atoms with E-state index in [4.69, 9.17) is 4.74 Å². The van der Waals surface area contributed by atoms with Crippen LogP contribution in [0.1, 0.15) is 24.5 Å². The van der Waals surface area contributed by atoms with Crippen molar-refractivity contribution in [1.29, 1.82) is 0 Å². The lowest BCUT2D eigenvalue weighted by atomic mass is 10.1. The highest BCUT2D eigenvalue weighted by atomic mass is 16.5. The van der Waals surface area contributed by atoms with E-state index in [1.54, 1.807) is 12.1 Å². The minimum Gasteiger partial charge on any atom is -0.504 e. The quantitative estimate of drug-likeness (QED) is 0.806. The molecule has 3 nitrogen and oxygen atoms in total. The molecule has 3 heteroatoms. The molecule has 2 rings (SSSR count). The second-order valence-corrected chi connectivity index (χ2v) is 4.48. The molecule has 0 radical (unpaired) electrons. The summed E-state index contributed by atoms with van der Waals surface area (Å²) >= 11 is 0. The Hall–Kier alpha value is -2.42. The Labute approximate surface area is 118 Å². The van der Waals surface area contributed by atoms with Gasteiger partial charge in [0.25, 0.3) is 0 Å². The molecular formula is C17H18O3. The molecule has 0 aromatic heterocycles. The molecule has 2 aromatic rings. The number of phenols is 2. The second-order valence-electron chi connectivity index (χ2n) is 4.48. The Kier molecular flexibility index (Phi) is 4.66. The zero-order valence-electron chi connectivity index (χ0n) is 11.4. The first kappa shape index (κ1) is 14.0. The lowest BCUT2D eigenvalue weighted by Crippen LogP contribution is -1.95. The molecule has 0 amide bonds. The molecule has 0 aliphatic carbocycles. The van der Waals surface area contributed by atoms with E-state index in [0.29, 0.717) is 12.2 Å². The monoisotopic (exact) mass is 270 g/mol. The molecule has 104 valence electrons. The number of ether oxygens (including phenoxy) is 1. The maximum Gasteiger partial charge on any atom is 0.203 e. The van der Waals surface area contributed by atoms with Crippen LogP contribution in [0.15, 0.2) is 42.5 Å². The second kappa shape index (κ2) is 6.66. The molecular weight excluding hydrogens is 252 g/mol. The van der Waals surface area contributed by atoms with Gasteiger partial charge in [0.15, 0.2) is 11.5 Å². The van der Waals surface area contributed by atoms with Crippen molar-refractivity contribution in [1.82, 2.24) is 0 Å². The van der Waals surface area contributed by atoms with Gasteiger partial charge in [0, 0.05) is 0 Å². The molecule has 0 saturated carbocycles. The maximum absolute atomic E-state index is 9.88. The molecule has 0 aliphatic rings. The highest BCUT2D eigenvalue weighted by molar-refractivity contribution is 5.72. The summed E-state index contributed by atoms with van der Waals surface area (Å²) in [5.41, 5.74) is 1.77. The van der Waals surface area contributed by atoms with Crippen molar-refractivity contribution >= 4 is 12.2 Å². The van der Waals surface area contributed by atoms with Gasteiger partial charge in [0.1, 0.15) is 0 Å². The minimum absolute atomic E-state index is 0.0499. The van der Waals surface area contributed by atoms with Gasteiger partial charge in [-0.15, -0.1) is 0 Å². The summed E-state index contributed by atoms with van der Waals surface area (Å²) in [7, 11) is 0. The topological polar surface area (TPSA) is 49.7 Å². The predicted octanol–water partition coefficient (Wildman–Crippen LogP) is 4.06. The fraction of sp³-hybridized carbons (Fsp3) is 0.176. The number of aromatic hydroxyl groups is 2. The van der Waals surface area contributed by atoms with Crippen LogP contribution in [0, 0.1) is 0 Å². The summed E-state index contributed by atoms with van der Waals surface area (Å²) in [4.78, 5) is 0. The minimum atomic E-state index is -0.0499. The molecule has 0 fully saturated rings. The van der Waals surface area contributed by atoms with Gasteiger partial charge in [-0.1, -0.05) is 49.4 Å². The van der Waals surface area contributed by atoms with Crippen LogP contribution in [0.25, 0.3) is 12.2 Å². The van der Waals surface area contributed by atoms with Gasteiger partial charge >= 0.3 is 0 Å². The van der Waals surface area contributed by atoms with E-state index >= 15 is 0 Å². The van der Waals surface area contributed by atoms with Crippen LogP contribution in [0.5, 0.6) is 17.2 Å². The van der Waals surface area contributed by atoms with Crippen LogP contribution >= 0.6 is 0 Å². The highest BCUT2D eigenvalue weighted by Gasteiger charge is 2.09. The van der Waals surface area contributed by atoms with E-state index in [-0.39, 0.29) is 17.2 Å². The largest absolute Gasteiger partial charge is 0.504 e. The van der Waals surface area contributed by atoms with E-state index in [2.05, 4.69) is 0 Å². The number of hydrogen-bond donors (Lipinski definition) is 2. The van der Waals surface area contributed by atoms with Crippen LogP contribution in [-0.2, 0) is 0 Å². The normalized spacial score (nSPS) is 10.8. The van der Waals surface area contributed by atoms with Crippen molar-refractivity contribution in [3.05, 3.63) is 53.6 Å². The van der Waals surface area contributed by atoms with Gasteiger partial charge in [0.05, 0.1) is 6.61 Å². The van der Waals surface area contributed by atoms with Gasteiger partial charge < -0.3 is 14.9 Å². The number of benzene rings is 2. The molecule has 0 bridgehead atoms. The zero-order chi connectivity index (χ0) is 14.4. The molecule has 0 spiro atoms. The van der Waals surface area contributed by atoms with Crippen molar-refractivity contribution < 1.29 is 14.9 Å². The maximum atomic E-state index is 9.88. The van der Waals surface area contributed by atoms with Gasteiger partial charge in [0.2, 0.25) is 5.75 Å². The van der Waals surface area contributed by atoms with Crippen molar-refractivity contribution in [3.63, 3.8) is 0 Å². The van der Waals surface area contributed by atoms with Crippen molar-refractivity contribution in [2.45, 2.75) is 13.3 Å². The van der Waals surface area contributed by atoms with Gasteiger partial charge in [-0.05, 0) is 29.7 Å². The standard InChI is InChI=1S/C17H18O3/c1-2-10-20-17-15(18)11-14(12-16(17)19)9-8-13-6-4-3-5-7-13/h3-9,11-12,18-19H,2,10H2,1H3. The first-order valence-electron chi connectivity index (χ1n) is 6.62. The van der Waals surface area contributed by atoms with Crippen LogP contribution in [0.2, 0.25) is 0 Å². The summed E-state index contributed by atoms with van der Waals surface area (Å²) in [6.07, 6.45) is 4.56. The van der Waals surface area contributed by atoms with Crippen molar-refractivity contribution in [2.75, 3.05) is 6.61 Å². The van der Waals surface area contributed by atoms with Crippen LogP contribution < -0.4 is 4.74 Å². The summed E-state index contributed by atoms with van der Waals surface area (Å²) in [5, 5.41) is 19.8. The lowest BCUT2D eigenvalue weighted by Gasteiger charge is -2.09. The smallest absolute Gasteiger partial charge is 0.203 e.